The van der Waals surface area contributed by atoms with Gasteiger partial charge in [0.2, 0.25) is 0 Å². The molecule has 2 heterocycles. The van der Waals surface area contributed by atoms with Crippen molar-refractivity contribution in [3.05, 3.63) is 39.1 Å². The van der Waals surface area contributed by atoms with E-state index in [1.165, 1.54) is 8.45 Å². The van der Waals surface area contributed by atoms with Crippen LogP contribution in [0.1, 0.15) is 17.2 Å². The van der Waals surface area contributed by atoms with Gasteiger partial charge in [0.05, 0.1) is 16.5 Å². The number of hydrogen-bond donors (Lipinski definition) is 1. The molecule has 0 aromatic carbocycles. The first kappa shape index (κ1) is 12.5. The molecule has 0 amide bonds. The third kappa shape index (κ3) is 2.84. The van der Waals surface area contributed by atoms with Crippen LogP contribution in [0.3, 0.4) is 0 Å². The molecule has 2 N–H and O–H groups in total. The fourth-order valence-electron chi connectivity index (χ4n) is 1.23. The van der Waals surface area contributed by atoms with Crippen molar-refractivity contribution in [1.82, 2.24) is 0 Å². The van der Waals surface area contributed by atoms with Gasteiger partial charge in [-0.3, -0.25) is 0 Å². The van der Waals surface area contributed by atoms with E-state index in [0.717, 1.165) is 13.1 Å². The lowest BCUT2D eigenvalue weighted by Crippen LogP contribution is -2.10. The first-order chi connectivity index (χ1) is 7.08. The topological polar surface area (TPSA) is 26.0 Å². The molecule has 0 radical (unpaired) electrons. The Labute approximate surface area is 126 Å². The maximum absolute atomic E-state index is 6.20. The molecule has 15 heavy (non-hydrogen) atoms. The van der Waals surface area contributed by atoms with Crippen LogP contribution >= 0.6 is 77.1 Å². The highest BCUT2D eigenvalue weighted by molar-refractivity contribution is 14.1. The summed E-state index contributed by atoms with van der Waals surface area (Å²) in [5.74, 6) is 0. The van der Waals surface area contributed by atoms with Crippen LogP contribution in [0.15, 0.2) is 25.1 Å². The fraction of sp³-hybridized carbons (Fsp3) is 0.111. The lowest BCUT2D eigenvalue weighted by Gasteiger charge is -2.08. The quantitative estimate of drug-likeness (QED) is 0.605. The van der Waals surface area contributed by atoms with E-state index in [1.54, 1.807) is 22.7 Å². The smallest absolute Gasteiger partial charge is 0.0761 e. The van der Waals surface area contributed by atoms with Crippen molar-refractivity contribution in [1.29, 1.82) is 0 Å². The first-order valence-electron chi connectivity index (χ1n) is 4.02. The van der Waals surface area contributed by atoms with E-state index >= 15 is 0 Å². The second kappa shape index (κ2) is 5.14. The normalized spacial score (nSPS) is 13.1. The van der Waals surface area contributed by atoms with Crippen LogP contribution in [0.25, 0.3) is 0 Å². The lowest BCUT2D eigenvalue weighted by molar-refractivity contribution is 0.877. The van der Waals surface area contributed by atoms with Crippen molar-refractivity contribution in [2.45, 2.75) is 6.04 Å². The molecule has 0 saturated carbocycles. The summed E-state index contributed by atoms with van der Waals surface area (Å²) in [7, 11) is 0. The Balaban J connectivity index is 2.35. The molecule has 2 aromatic heterocycles. The molecule has 0 fully saturated rings. The summed E-state index contributed by atoms with van der Waals surface area (Å²) in [5, 5.41) is 2.12. The summed E-state index contributed by atoms with van der Waals surface area (Å²) in [6.45, 7) is 0. The van der Waals surface area contributed by atoms with Gasteiger partial charge in [-0.1, -0.05) is 0 Å². The molecule has 0 bridgehead atoms. The molecule has 0 spiro atoms. The van der Waals surface area contributed by atoms with E-state index < -0.39 is 0 Å². The highest BCUT2D eigenvalue weighted by Gasteiger charge is 2.16. The molecule has 0 saturated heterocycles. The van der Waals surface area contributed by atoms with Gasteiger partial charge in [0.15, 0.2) is 0 Å². The third-order valence-electron chi connectivity index (χ3n) is 1.96. The Morgan fingerprint density at radius 3 is 2.53 bits per heavy atom. The second-order valence-electron chi connectivity index (χ2n) is 2.94. The molecule has 1 atom stereocenters. The number of thiophene rings is 2. The lowest BCUT2D eigenvalue weighted by atomic mass is 10.1. The molecular formula is C9H6Br2INS2. The van der Waals surface area contributed by atoms with Gasteiger partial charge in [-0.2, -0.15) is 0 Å². The van der Waals surface area contributed by atoms with Crippen molar-refractivity contribution in [3.8, 4) is 0 Å². The fourth-order valence-corrected chi connectivity index (χ4v) is 5.57. The number of halogens is 3. The molecule has 0 aliphatic heterocycles. The van der Waals surface area contributed by atoms with E-state index in [4.69, 9.17) is 5.73 Å². The van der Waals surface area contributed by atoms with Crippen LogP contribution in [0.2, 0.25) is 0 Å². The third-order valence-corrected chi connectivity index (χ3v) is 6.16. The Kier molecular flexibility index (Phi) is 4.28. The minimum atomic E-state index is -0.0401. The second-order valence-corrected chi connectivity index (χ2v) is 9.50. The standard InChI is InChI=1S/C9H6Br2INS2/c10-6-2-5(9(11)15-6)8(13)4-1-7(12)14-3-4/h1-3,8H,13H2. The number of rotatable bonds is 2. The van der Waals surface area contributed by atoms with Crippen molar-refractivity contribution < 1.29 is 0 Å². The molecule has 2 aromatic rings. The van der Waals surface area contributed by atoms with Crippen LogP contribution in [-0.4, -0.2) is 0 Å². The molecule has 2 rings (SSSR count). The van der Waals surface area contributed by atoms with Gasteiger partial charge in [0.25, 0.3) is 0 Å². The van der Waals surface area contributed by atoms with Crippen molar-refractivity contribution in [3.63, 3.8) is 0 Å². The van der Waals surface area contributed by atoms with E-state index in [1.807, 2.05) is 0 Å². The van der Waals surface area contributed by atoms with Gasteiger partial charge in [-0.25, -0.2) is 0 Å². The summed E-state index contributed by atoms with van der Waals surface area (Å²) >= 11 is 12.7. The summed E-state index contributed by atoms with van der Waals surface area (Å²) in [4.78, 5) is 0. The Morgan fingerprint density at radius 1 is 1.33 bits per heavy atom. The van der Waals surface area contributed by atoms with Crippen LogP contribution in [-0.2, 0) is 0 Å². The Bertz CT molecular complexity index is 480. The molecule has 0 aliphatic rings. The van der Waals surface area contributed by atoms with Gasteiger partial charge >= 0.3 is 0 Å². The van der Waals surface area contributed by atoms with E-state index in [0.29, 0.717) is 0 Å². The Hall–Kier alpha value is 1.05. The van der Waals surface area contributed by atoms with Gasteiger partial charge in [-0.05, 0) is 83.1 Å². The Morgan fingerprint density at radius 2 is 2.07 bits per heavy atom. The van der Waals surface area contributed by atoms with Gasteiger partial charge in [0, 0.05) is 0 Å². The van der Waals surface area contributed by atoms with Gasteiger partial charge < -0.3 is 5.73 Å². The van der Waals surface area contributed by atoms with E-state index in [2.05, 4.69) is 72.0 Å². The van der Waals surface area contributed by atoms with Crippen LogP contribution in [0.5, 0.6) is 0 Å². The summed E-state index contributed by atoms with van der Waals surface area (Å²) in [5.41, 5.74) is 8.52. The SMILES string of the molecule is NC(c1csc(I)c1)c1cc(Br)sc1Br. The minimum absolute atomic E-state index is 0.0401. The van der Waals surface area contributed by atoms with Crippen LogP contribution < -0.4 is 5.73 Å². The predicted molar refractivity (Wildman–Crippen MR) is 82.8 cm³/mol. The number of nitrogens with two attached hydrogens (primary N) is 1. The molecule has 0 aliphatic carbocycles. The average Bonchev–Trinajstić information content (AvgIpc) is 2.71. The molecule has 80 valence electrons. The monoisotopic (exact) mass is 477 g/mol. The summed E-state index contributed by atoms with van der Waals surface area (Å²) in [6, 6.07) is 4.17. The summed E-state index contributed by atoms with van der Waals surface area (Å²) < 4.78 is 3.47. The zero-order valence-corrected chi connectivity index (χ0v) is 14.3. The van der Waals surface area contributed by atoms with Crippen LogP contribution in [0.4, 0.5) is 0 Å². The van der Waals surface area contributed by atoms with Crippen molar-refractivity contribution in [2.24, 2.45) is 5.73 Å². The van der Waals surface area contributed by atoms with Crippen molar-refractivity contribution >= 4 is 77.1 Å². The molecule has 6 heteroatoms. The van der Waals surface area contributed by atoms with E-state index in [9.17, 15) is 0 Å². The van der Waals surface area contributed by atoms with Crippen molar-refractivity contribution in [2.75, 3.05) is 0 Å². The molecule has 1 unspecified atom stereocenters. The average molecular weight is 479 g/mol. The largest absolute Gasteiger partial charge is 0.320 e. The predicted octanol–water partition coefficient (Wildman–Crippen LogP) is 4.99. The number of hydrogen-bond acceptors (Lipinski definition) is 3. The minimum Gasteiger partial charge on any atom is -0.320 e. The maximum Gasteiger partial charge on any atom is 0.0761 e. The maximum atomic E-state index is 6.20. The van der Waals surface area contributed by atoms with E-state index in [-0.39, 0.29) is 6.04 Å². The first-order valence-corrected chi connectivity index (χ1v) is 8.38. The zero-order chi connectivity index (χ0) is 11.0. The molecular weight excluding hydrogens is 473 g/mol. The van der Waals surface area contributed by atoms with Crippen LogP contribution in [0, 0.1) is 2.88 Å². The summed E-state index contributed by atoms with van der Waals surface area (Å²) in [6.07, 6.45) is 0. The van der Waals surface area contributed by atoms with Gasteiger partial charge in [-0.15, -0.1) is 22.7 Å². The zero-order valence-electron chi connectivity index (χ0n) is 7.34. The highest BCUT2D eigenvalue weighted by Crippen LogP contribution is 2.37. The highest BCUT2D eigenvalue weighted by atomic mass is 127. The molecule has 1 nitrogen and oxygen atoms in total. The van der Waals surface area contributed by atoms with Gasteiger partial charge in [0.1, 0.15) is 0 Å².